The van der Waals surface area contributed by atoms with Gasteiger partial charge in [-0.3, -0.25) is 4.79 Å². The summed E-state index contributed by atoms with van der Waals surface area (Å²) in [6.07, 6.45) is 0.112. The fraction of sp³-hybridized carbons (Fsp3) is 0.278. The summed E-state index contributed by atoms with van der Waals surface area (Å²) < 4.78 is 11.0. The number of rotatable bonds is 6. The molecule has 0 aliphatic rings. The summed E-state index contributed by atoms with van der Waals surface area (Å²) in [4.78, 5) is 12.2. The van der Waals surface area contributed by atoms with Crippen LogP contribution in [-0.4, -0.2) is 18.6 Å². The summed E-state index contributed by atoms with van der Waals surface area (Å²) in [6.45, 7) is 6.44. The average Bonchev–Trinajstić information content (AvgIpc) is 2.48. The lowest BCUT2D eigenvalue weighted by Gasteiger charge is -2.11. The summed E-state index contributed by atoms with van der Waals surface area (Å²) in [5.74, 6) is 1.33. The maximum absolute atomic E-state index is 12.2. The van der Waals surface area contributed by atoms with Gasteiger partial charge in [0.1, 0.15) is 11.5 Å². The van der Waals surface area contributed by atoms with E-state index >= 15 is 0 Å². The van der Waals surface area contributed by atoms with E-state index in [1.807, 2.05) is 39.0 Å². The first-order valence-electron chi connectivity index (χ1n) is 7.39. The third-order valence-corrected chi connectivity index (χ3v) is 2.89. The molecule has 1 N–H and O–H groups in total. The van der Waals surface area contributed by atoms with E-state index in [9.17, 15) is 4.79 Å². The summed E-state index contributed by atoms with van der Waals surface area (Å²) in [5.41, 5.74) is 1.29. The lowest BCUT2D eigenvalue weighted by molar-refractivity contribution is 0.102. The molecule has 0 unspecified atom stereocenters. The Morgan fingerprint density at radius 1 is 1.09 bits per heavy atom. The number of hydrogen-bond acceptors (Lipinski definition) is 3. The smallest absolute Gasteiger partial charge is 0.255 e. The molecule has 2 rings (SSSR count). The maximum Gasteiger partial charge on any atom is 0.255 e. The van der Waals surface area contributed by atoms with Crippen molar-refractivity contribution in [1.82, 2.24) is 0 Å². The fourth-order valence-corrected chi connectivity index (χ4v) is 1.99. The first-order chi connectivity index (χ1) is 10.6. The molecule has 116 valence electrons. The highest BCUT2D eigenvalue weighted by molar-refractivity contribution is 6.04. The van der Waals surface area contributed by atoms with Crippen LogP contribution in [0, 0.1) is 0 Å². The molecule has 0 aliphatic carbocycles. The van der Waals surface area contributed by atoms with Crippen molar-refractivity contribution in [2.24, 2.45) is 0 Å². The van der Waals surface area contributed by atoms with Crippen LogP contribution in [0.2, 0.25) is 0 Å². The minimum Gasteiger partial charge on any atom is -0.494 e. The van der Waals surface area contributed by atoms with Crippen molar-refractivity contribution in [1.29, 1.82) is 0 Å². The third kappa shape index (κ3) is 4.52. The lowest BCUT2D eigenvalue weighted by Crippen LogP contribution is -2.12. The number of benzene rings is 2. The zero-order valence-corrected chi connectivity index (χ0v) is 13.1. The zero-order valence-electron chi connectivity index (χ0n) is 13.1. The van der Waals surface area contributed by atoms with E-state index in [-0.39, 0.29) is 12.0 Å². The molecular weight excluding hydrogens is 278 g/mol. The van der Waals surface area contributed by atoms with Crippen molar-refractivity contribution >= 4 is 11.6 Å². The monoisotopic (exact) mass is 299 g/mol. The van der Waals surface area contributed by atoms with Gasteiger partial charge >= 0.3 is 0 Å². The Kier molecular flexibility index (Phi) is 5.42. The van der Waals surface area contributed by atoms with Gasteiger partial charge in [-0.2, -0.15) is 0 Å². The van der Waals surface area contributed by atoms with E-state index in [4.69, 9.17) is 9.47 Å². The van der Waals surface area contributed by atoms with Crippen LogP contribution in [0.25, 0.3) is 0 Å². The number of carbonyl (C=O) groups excluding carboxylic acids is 1. The van der Waals surface area contributed by atoms with Gasteiger partial charge in [-0.15, -0.1) is 0 Å². The van der Waals surface area contributed by atoms with Crippen molar-refractivity contribution in [2.75, 3.05) is 11.9 Å². The quantitative estimate of drug-likeness (QED) is 0.872. The van der Waals surface area contributed by atoms with E-state index in [1.165, 1.54) is 0 Å². The van der Waals surface area contributed by atoms with Crippen molar-refractivity contribution in [3.8, 4) is 11.5 Å². The van der Waals surface area contributed by atoms with Crippen LogP contribution in [0.1, 0.15) is 31.1 Å². The van der Waals surface area contributed by atoms with Gasteiger partial charge in [-0.25, -0.2) is 0 Å². The van der Waals surface area contributed by atoms with Crippen LogP contribution in [0.3, 0.4) is 0 Å². The first kappa shape index (κ1) is 15.9. The van der Waals surface area contributed by atoms with Gasteiger partial charge in [-0.05, 0) is 57.2 Å². The van der Waals surface area contributed by atoms with Gasteiger partial charge in [-0.1, -0.05) is 6.07 Å². The Hall–Kier alpha value is -2.49. The van der Waals surface area contributed by atoms with Crippen LogP contribution in [0.4, 0.5) is 5.69 Å². The standard InChI is InChI=1S/C18H21NO3/c1-4-21-17-7-5-6-15(12-17)19-18(20)14-8-10-16(11-9-14)22-13(2)3/h5-13H,4H2,1-3H3,(H,19,20). The van der Waals surface area contributed by atoms with E-state index in [0.717, 1.165) is 11.5 Å². The zero-order chi connectivity index (χ0) is 15.9. The molecule has 0 radical (unpaired) electrons. The van der Waals surface area contributed by atoms with Gasteiger partial charge in [0, 0.05) is 17.3 Å². The number of anilines is 1. The molecule has 2 aromatic carbocycles. The molecule has 0 fully saturated rings. The predicted octanol–water partition coefficient (Wildman–Crippen LogP) is 4.12. The summed E-state index contributed by atoms with van der Waals surface area (Å²) in [5, 5.41) is 2.86. The number of nitrogens with one attached hydrogen (secondary N) is 1. The van der Waals surface area contributed by atoms with E-state index < -0.39 is 0 Å². The fourth-order valence-electron chi connectivity index (χ4n) is 1.99. The topological polar surface area (TPSA) is 47.6 Å². The molecule has 4 heteroatoms. The largest absolute Gasteiger partial charge is 0.494 e. The van der Waals surface area contributed by atoms with Crippen LogP contribution in [0.15, 0.2) is 48.5 Å². The second-order valence-corrected chi connectivity index (χ2v) is 5.11. The van der Waals surface area contributed by atoms with Crippen LogP contribution >= 0.6 is 0 Å². The number of carbonyl (C=O) groups is 1. The minimum atomic E-state index is -0.162. The number of ether oxygens (including phenoxy) is 2. The molecule has 22 heavy (non-hydrogen) atoms. The lowest BCUT2D eigenvalue weighted by atomic mass is 10.2. The number of hydrogen-bond donors (Lipinski definition) is 1. The molecule has 4 nitrogen and oxygen atoms in total. The highest BCUT2D eigenvalue weighted by atomic mass is 16.5. The normalized spacial score (nSPS) is 10.4. The molecule has 0 saturated heterocycles. The first-order valence-corrected chi connectivity index (χ1v) is 7.39. The summed E-state index contributed by atoms with van der Waals surface area (Å²) in [7, 11) is 0. The van der Waals surface area contributed by atoms with Crippen LogP contribution in [-0.2, 0) is 0 Å². The maximum atomic E-state index is 12.2. The highest BCUT2D eigenvalue weighted by Gasteiger charge is 2.07. The van der Waals surface area contributed by atoms with Crippen molar-refractivity contribution in [3.05, 3.63) is 54.1 Å². The molecule has 0 atom stereocenters. The van der Waals surface area contributed by atoms with E-state index in [2.05, 4.69) is 5.32 Å². The summed E-state index contributed by atoms with van der Waals surface area (Å²) >= 11 is 0. The minimum absolute atomic E-state index is 0.112. The highest BCUT2D eigenvalue weighted by Crippen LogP contribution is 2.19. The Balaban J connectivity index is 2.04. The molecule has 0 heterocycles. The van der Waals surface area contributed by atoms with Crippen molar-refractivity contribution in [3.63, 3.8) is 0 Å². The number of amides is 1. The molecule has 0 aliphatic heterocycles. The molecule has 0 spiro atoms. The van der Waals surface area contributed by atoms with Crippen molar-refractivity contribution < 1.29 is 14.3 Å². The molecule has 2 aromatic rings. The van der Waals surface area contributed by atoms with Crippen molar-refractivity contribution in [2.45, 2.75) is 26.9 Å². The van der Waals surface area contributed by atoms with E-state index in [0.29, 0.717) is 17.9 Å². The van der Waals surface area contributed by atoms with Gasteiger partial charge in [0.05, 0.1) is 12.7 Å². The Bertz CT molecular complexity index is 620. The average molecular weight is 299 g/mol. The van der Waals surface area contributed by atoms with Crippen LogP contribution in [0.5, 0.6) is 11.5 Å². The Labute approximate surface area is 131 Å². The molecule has 0 saturated carbocycles. The SMILES string of the molecule is CCOc1cccc(NC(=O)c2ccc(OC(C)C)cc2)c1. The second kappa shape index (κ2) is 7.50. The van der Waals surface area contributed by atoms with Gasteiger partial charge in [0.15, 0.2) is 0 Å². The molecular formula is C18H21NO3. The van der Waals surface area contributed by atoms with Gasteiger partial charge < -0.3 is 14.8 Å². The second-order valence-electron chi connectivity index (χ2n) is 5.11. The van der Waals surface area contributed by atoms with E-state index in [1.54, 1.807) is 30.3 Å². The third-order valence-electron chi connectivity index (χ3n) is 2.89. The van der Waals surface area contributed by atoms with Gasteiger partial charge in [0.2, 0.25) is 0 Å². The predicted molar refractivity (Wildman–Crippen MR) is 87.8 cm³/mol. The molecule has 1 amide bonds. The molecule has 0 aromatic heterocycles. The van der Waals surface area contributed by atoms with Gasteiger partial charge in [0.25, 0.3) is 5.91 Å². The Morgan fingerprint density at radius 3 is 2.45 bits per heavy atom. The Morgan fingerprint density at radius 2 is 1.82 bits per heavy atom. The van der Waals surface area contributed by atoms with Crippen LogP contribution < -0.4 is 14.8 Å². The molecule has 0 bridgehead atoms. The summed E-state index contributed by atoms with van der Waals surface area (Å²) in [6, 6.07) is 14.4.